The van der Waals surface area contributed by atoms with Crippen LogP contribution in [0.4, 0.5) is 0 Å². The third kappa shape index (κ3) is 6.80. The third-order valence-corrected chi connectivity index (χ3v) is 2.75. The van der Waals surface area contributed by atoms with Gasteiger partial charge in [0.25, 0.3) is 0 Å². The monoisotopic (exact) mass is 232 g/mol. The maximum Gasteiger partial charge on any atom is 0.305 e. The second-order valence-electron chi connectivity index (χ2n) is 3.95. The Bertz CT molecular complexity index is 182. The molecule has 0 rings (SSSR count). The number of rotatable bonds is 9. The number of carbonyl (C=O) groups is 1. The molecule has 2 N–H and O–H groups in total. The Balaban J connectivity index is 3.85. The van der Waals surface area contributed by atoms with Gasteiger partial charge in [0.1, 0.15) is 0 Å². The summed E-state index contributed by atoms with van der Waals surface area (Å²) in [6, 6.07) is 0. The molecule has 96 valence electrons. The van der Waals surface area contributed by atoms with Crippen LogP contribution in [0.1, 0.15) is 46.0 Å². The van der Waals surface area contributed by atoms with Gasteiger partial charge in [-0.2, -0.15) is 0 Å². The lowest BCUT2D eigenvalue weighted by molar-refractivity contribution is -0.143. The fourth-order valence-corrected chi connectivity index (χ4v) is 1.74. The van der Waals surface area contributed by atoms with Crippen molar-refractivity contribution < 1.29 is 19.7 Å². The highest BCUT2D eigenvalue weighted by Crippen LogP contribution is 2.19. The van der Waals surface area contributed by atoms with Crippen LogP contribution in [0.5, 0.6) is 0 Å². The van der Waals surface area contributed by atoms with Crippen LogP contribution in [-0.4, -0.2) is 35.5 Å². The molecular weight excluding hydrogens is 208 g/mol. The quantitative estimate of drug-likeness (QED) is 0.591. The third-order valence-electron chi connectivity index (χ3n) is 2.75. The van der Waals surface area contributed by atoms with Crippen molar-refractivity contribution in [3.8, 4) is 0 Å². The van der Waals surface area contributed by atoms with E-state index in [0.29, 0.717) is 32.3 Å². The molecule has 0 radical (unpaired) electrons. The molecule has 4 heteroatoms. The summed E-state index contributed by atoms with van der Waals surface area (Å²) < 4.78 is 4.84. The van der Waals surface area contributed by atoms with Gasteiger partial charge in [-0.25, -0.2) is 0 Å². The molecular formula is C12H24O4. The molecule has 0 aromatic rings. The van der Waals surface area contributed by atoms with E-state index in [9.17, 15) is 9.90 Å². The lowest BCUT2D eigenvalue weighted by Crippen LogP contribution is -2.21. The fraction of sp³-hybridized carbons (Fsp3) is 0.917. The van der Waals surface area contributed by atoms with E-state index in [4.69, 9.17) is 9.84 Å². The minimum absolute atomic E-state index is 0.103. The van der Waals surface area contributed by atoms with Crippen LogP contribution in [-0.2, 0) is 9.53 Å². The summed E-state index contributed by atoms with van der Waals surface area (Å²) in [5, 5.41) is 18.5. The van der Waals surface area contributed by atoms with Crippen LogP contribution in [0.25, 0.3) is 0 Å². The molecule has 0 aliphatic carbocycles. The zero-order chi connectivity index (χ0) is 12.4. The van der Waals surface area contributed by atoms with E-state index in [1.165, 1.54) is 0 Å². The second-order valence-corrected chi connectivity index (χ2v) is 3.95. The van der Waals surface area contributed by atoms with Crippen LogP contribution in [0.3, 0.4) is 0 Å². The van der Waals surface area contributed by atoms with Crippen molar-refractivity contribution in [3.63, 3.8) is 0 Å². The van der Waals surface area contributed by atoms with Crippen LogP contribution < -0.4 is 0 Å². The molecule has 0 aromatic heterocycles. The first-order valence-electron chi connectivity index (χ1n) is 6.10. The van der Waals surface area contributed by atoms with Crippen LogP contribution in [0.2, 0.25) is 0 Å². The highest BCUT2D eigenvalue weighted by molar-refractivity contribution is 5.69. The van der Waals surface area contributed by atoms with E-state index in [1.807, 2.05) is 6.92 Å². The Morgan fingerprint density at radius 2 is 2.00 bits per heavy atom. The van der Waals surface area contributed by atoms with E-state index in [-0.39, 0.29) is 18.5 Å². The summed E-state index contributed by atoms with van der Waals surface area (Å²) in [5.41, 5.74) is 0. The van der Waals surface area contributed by atoms with Gasteiger partial charge in [0.15, 0.2) is 0 Å². The first kappa shape index (κ1) is 15.4. The zero-order valence-electron chi connectivity index (χ0n) is 10.3. The molecule has 2 atom stereocenters. The summed E-state index contributed by atoms with van der Waals surface area (Å²) in [5.74, 6) is -0.0775. The molecule has 0 amide bonds. The standard InChI is InChI=1S/C12H24O4/c1-3-10(11(14)6-5-9-13)7-8-12(15)16-4-2/h10-11,13-14H,3-9H2,1-2H3. The van der Waals surface area contributed by atoms with E-state index in [1.54, 1.807) is 6.92 Å². The molecule has 0 aliphatic heterocycles. The SMILES string of the molecule is CCOC(=O)CCC(CC)C(O)CCCO. The summed E-state index contributed by atoms with van der Waals surface area (Å²) in [7, 11) is 0. The molecule has 0 aromatic carbocycles. The normalized spacial score (nSPS) is 14.5. The summed E-state index contributed by atoms with van der Waals surface area (Å²) in [6.07, 6.45) is 2.64. The van der Waals surface area contributed by atoms with Gasteiger partial charge in [-0.1, -0.05) is 13.3 Å². The number of ether oxygens (including phenoxy) is 1. The van der Waals surface area contributed by atoms with Gasteiger partial charge in [-0.3, -0.25) is 4.79 Å². The average Bonchev–Trinajstić information content (AvgIpc) is 2.27. The van der Waals surface area contributed by atoms with E-state index < -0.39 is 6.10 Å². The molecule has 2 unspecified atom stereocenters. The molecule has 0 saturated heterocycles. The predicted octanol–water partition coefficient (Wildman–Crippen LogP) is 1.49. The largest absolute Gasteiger partial charge is 0.466 e. The van der Waals surface area contributed by atoms with Crippen molar-refractivity contribution >= 4 is 5.97 Å². The molecule has 0 heterocycles. The van der Waals surface area contributed by atoms with Crippen molar-refractivity contribution in [1.82, 2.24) is 0 Å². The molecule has 4 nitrogen and oxygen atoms in total. The van der Waals surface area contributed by atoms with Crippen LogP contribution in [0, 0.1) is 5.92 Å². The number of carbonyl (C=O) groups excluding carboxylic acids is 1. The Kier molecular flexibility index (Phi) is 9.24. The summed E-state index contributed by atoms with van der Waals surface area (Å²) in [6.45, 7) is 4.29. The summed E-state index contributed by atoms with van der Waals surface area (Å²) >= 11 is 0. The molecule has 16 heavy (non-hydrogen) atoms. The molecule has 0 bridgehead atoms. The van der Waals surface area contributed by atoms with Crippen molar-refractivity contribution in [3.05, 3.63) is 0 Å². The van der Waals surface area contributed by atoms with Gasteiger partial charge >= 0.3 is 5.97 Å². The van der Waals surface area contributed by atoms with E-state index in [0.717, 1.165) is 6.42 Å². The first-order chi connectivity index (χ1) is 7.65. The average molecular weight is 232 g/mol. The van der Waals surface area contributed by atoms with Gasteiger partial charge in [0.05, 0.1) is 12.7 Å². The van der Waals surface area contributed by atoms with Crippen LogP contribution in [0.15, 0.2) is 0 Å². The molecule has 0 aliphatic rings. The van der Waals surface area contributed by atoms with Crippen LogP contribution >= 0.6 is 0 Å². The van der Waals surface area contributed by atoms with E-state index in [2.05, 4.69) is 0 Å². The Labute approximate surface area is 97.6 Å². The minimum atomic E-state index is -0.424. The number of aliphatic hydroxyl groups excluding tert-OH is 2. The highest BCUT2D eigenvalue weighted by atomic mass is 16.5. The lowest BCUT2D eigenvalue weighted by Gasteiger charge is -2.20. The summed E-state index contributed by atoms with van der Waals surface area (Å²) in [4.78, 5) is 11.2. The van der Waals surface area contributed by atoms with Crippen molar-refractivity contribution in [2.24, 2.45) is 5.92 Å². The zero-order valence-corrected chi connectivity index (χ0v) is 10.3. The van der Waals surface area contributed by atoms with Gasteiger partial charge in [-0.15, -0.1) is 0 Å². The fourth-order valence-electron chi connectivity index (χ4n) is 1.74. The Morgan fingerprint density at radius 1 is 1.31 bits per heavy atom. The van der Waals surface area contributed by atoms with Gasteiger partial charge in [0, 0.05) is 13.0 Å². The molecule has 0 spiro atoms. The Hall–Kier alpha value is -0.610. The molecule has 0 saturated carbocycles. The first-order valence-corrected chi connectivity index (χ1v) is 6.10. The van der Waals surface area contributed by atoms with Gasteiger partial charge in [-0.05, 0) is 32.1 Å². The second kappa shape index (κ2) is 9.60. The van der Waals surface area contributed by atoms with Crippen molar-refractivity contribution in [1.29, 1.82) is 0 Å². The van der Waals surface area contributed by atoms with Crippen molar-refractivity contribution in [2.75, 3.05) is 13.2 Å². The lowest BCUT2D eigenvalue weighted by atomic mass is 9.91. The van der Waals surface area contributed by atoms with Gasteiger partial charge in [0.2, 0.25) is 0 Å². The highest BCUT2D eigenvalue weighted by Gasteiger charge is 2.18. The topological polar surface area (TPSA) is 66.8 Å². The van der Waals surface area contributed by atoms with Crippen molar-refractivity contribution in [2.45, 2.75) is 52.1 Å². The number of hydrogen-bond donors (Lipinski definition) is 2. The predicted molar refractivity (Wildman–Crippen MR) is 62.0 cm³/mol. The Morgan fingerprint density at radius 3 is 2.50 bits per heavy atom. The molecule has 0 fully saturated rings. The maximum atomic E-state index is 11.2. The number of hydrogen-bond acceptors (Lipinski definition) is 4. The smallest absolute Gasteiger partial charge is 0.305 e. The van der Waals surface area contributed by atoms with Gasteiger partial charge < -0.3 is 14.9 Å². The van der Waals surface area contributed by atoms with E-state index >= 15 is 0 Å². The number of esters is 1. The minimum Gasteiger partial charge on any atom is -0.466 e. The maximum absolute atomic E-state index is 11.2. The number of aliphatic hydroxyl groups is 2.